The third-order valence-electron chi connectivity index (χ3n) is 2.67. The van der Waals surface area contributed by atoms with Crippen molar-refractivity contribution in [1.82, 2.24) is 20.6 Å². The number of carbonyl (C=O) groups excluding carboxylic acids is 1. The maximum Gasteiger partial charge on any atom is 0.231 e. The molecule has 0 bridgehead atoms. The van der Waals surface area contributed by atoms with Gasteiger partial charge in [-0.3, -0.25) is 4.79 Å². The molecule has 19 heavy (non-hydrogen) atoms. The van der Waals surface area contributed by atoms with Gasteiger partial charge in [-0.05, 0) is 31.2 Å². The largest absolute Gasteiger partial charge is 0.326 e. The molecule has 2 N–H and O–H groups in total. The zero-order valence-corrected chi connectivity index (χ0v) is 11.4. The highest BCUT2D eigenvalue weighted by Crippen LogP contribution is 2.22. The normalized spacial score (nSPS) is 11.3. The molecule has 7 heteroatoms. The molecule has 0 aliphatic rings. The van der Waals surface area contributed by atoms with Gasteiger partial charge in [-0.2, -0.15) is 5.21 Å². The number of H-pyrrole nitrogens is 1. The van der Waals surface area contributed by atoms with E-state index in [1.54, 1.807) is 26.0 Å². The van der Waals surface area contributed by atoms with E-state index < -0.39 is 5.41 Å². The van der Waals surface area contributed by atoms with Gasteiger partial charge in [0.05, 0.1) is 5.41 Å². The molecule has 6 nitrogen and oxygen atoms in total. The summed E-state index contributed by atoms with van der Waals surface area (Å²) in [4.78, 5) is 12.0. The van der Waals surface area contributed by atoms with E-state index in [2.05, 4.69) is 25.9 Å². The number of tetrazole rings is 1. The Morgan fingerprint density at radius 3 is 2.89 bits per heavy atom. The molecule has 0 aliphatic carbocycles. The number of amides is 1. The smallest absolute Gasteiger partial charge is 0.231 e. The second kappa shape index (κ2) is 5.36. The number of alkyl halides is 1. The second-order valence-corrected chi connectivity index (χ2v) is 5.06. The topological polar surface area (TPSA) is 83.6 Å². The fourth-order valence-electron chi connectivity index (χ4n) is 1.38. The second-order valence-electron chi connectivity index (χ2n) is 4.79. The molecule has 1 heterocycles. The van der Waals surface area contributed by atoms with Gasteiger partial charge < -0.3 is 5.32 Å². The summed E-state index contributed by atoms with van der Waals surface area (Å²) >= 11 is 5.77. The van der Waals surface area contributed by atoms with Gasteiger partial charge in [-0.25, -0.2) is 0 Å². The van der Waals surface area contributed by atoms with Crippen molar-refractivity contribution in [3.63, 3.8) is 0 Å². The molecule has 1 aromatic carbocycles. The predicted molar refractivity (Wildman–Crippen MR) is 72.7 cm³/mol. The average Bonchev–Trinajstić information content (AvgIpc) is 2.93. The summed E-state index contributed by atoms with van der Waals surface area (Å²) in [5, 5.41) is 16.5. The Kier molecular flexibility index (Phi) is 3.80. The maximum absolute atomic E-state index is 12.0. The van der Waals surface area contributed by atoms with Crippen LogP contribution < -0.4 is 5.32 Å². The van der Waals surface area contributed by atoms with Crippen molar-refractivity contribution >= 4 is 23.2 Å². The zero-order valence-electron chi connectivity index (χ0n) is 10.6. The summed E-state index contributed by atoms with van der Waals surface area (Å²) in [6.07, 6.45) is 0. The Bertz CT molecular complexity index is 567. The van der Waals surface area contributed by atoms with Gasteiger partial charge in [0.2, 0.25) is 11.7 Å². The van der Waals surface area contributed by atoms with Crippen LogP contribution in [0.15, 0.2) is 24.3 Å². The first kappa shape index (κ1) is 13.5. The lowest BCUT2D eigenvalue weighted by molar-refractivity contribution is -0.122. The van der Waals surface area contributed by atoms with Crippen molar-refractivity contribution in [2.24, 2.45) is 5.41 Å². The minimum atomic E-state index is -0.621. The van der Waals surface area contributed by atoms with Gasteiger partial charge in [0.15, 0.2) is 0 Å². The fraction of sp³-hybridized carbons (Fsp3) is 0.333. The number of carbonyl (C=O) groups is 1. The number of hydrogen-bond acceptors (Lipinski definition) is 4. The molecule has 0 radical (unpaired) electrons. The molecule has 0 atom stereocenters. The van der Waals surface area contributed by atoms with Crippen molar-refractivity contribution in [1.29, 1.82) is 0 Å². The Labute approximate surface area is 115 Å². The van der Waals surface area contributed by atoms with E-state index in [1.165, 1.54) is 0 Å². The molecular formula is C12H14ClN5O. The third-order valence-corrected chi connectivity index (χ3v) is 3.34. The lowest BCUT2D eigenvalue weighted by atomic mass is 9.95. The molecule has 0 aliphatic heterocycles. The van der Waals surface area contributed by atoms with Crippen LogP contribution in [0.5, 0.6) is 0 Å². The monoisotopic (exact) mass is 279 g/mol. The van der Waals surface area contributed by atoms with Gasteiger partial charge in [-0.1, -0.05) is 12.1 Å². The fourth-order valence-corrected chi connectivity index (χ4v) is 1.50. The minimum absolute atomic E-state index is 0.132. The maximum atomic E-state index is 12.0. The van der Waals surface area contributed by atoms with Gasteiger partial charge in [0.1, 0.15) is 0 Å². The molecule has 0 fully saturated rings. The SMILES string of the molecule is CC(C)(CCl)C(=O)Nc1cccc(-c2nn[nH]n2)c1. The summed E-state index contributed by atoms with van der Waals surface area (Å²) in [6.45, 7) is 3.58. The molecule has 1 aromatic heterocycles. The highest BCUT2D eigenvalue weighted by atomic mass is 35.5. The number of aromatic nitrogens is 4. The van der Waals surface area contributed by atoms with Gasteiger partial charge in [0, 0.05) is 17.1 Å². The highest BCUT2D eigenvalue weighted by Gasteiger charge is 2.26. The average molecular weight is 280 g/mol. The van der Waals surface area contributed by atoms with E-state index in [0.717, 1.165) is 5.56 Å². The van der Waals surface area contributed by atoms with Crippen LogP contribution in [0.3, 0.4) is 0 Å². The van der Waals surface area contributed by atoms with Crippen LogP contribution in [-0.2, 0) is 4.79 Å². The zero-order chi connectivity index (χ0) is 13.9. The number of anilines is 1. The van der Waals surface area contributed by atoms with Crippen molar-refractivity contribution in [2.45, 2.75) is 13.8 Å². The number of halogens is 1. The third kappa shape index (κ3) is 3.08. The summed E-state index contributed by atoms with van der Waals surface area (Å²) in [7, 11) is 0. The lowest BCUT2D eigenvalue weighted by Crippen LogP contribution is -2.32. The summed E-state index contributed by atoms with van der Waals surface area (Å²) in [5.74, 6) is 0.601. The van der Waals surface area contributed by atoms with Crippen LogP contribution in [0.4, 0.5) is 5.69 Å². The quantitative estimate of drug-likeness (QED) is 0.839. The number of hydrogen-bond donors (Lipinski definition) is 2. The molecule has 0 unspecified atom stereocenters. The van der Waals surface area contributed by atoms with E-state index >= 15 is 0 Å². The predicted octanol–water partition coefficient (Wildman–Crippen LogP) is 2.07. The van der Waals surface area contributed by atoms with Crippen LogP contribution in [0.1, 0.15) is 13.8 Å². The number of aromatic amines is 1. The van der Waals surface area contributed by atoms with E-state index in [0.29, 0.717) is 11.5 Å². The van der Waals surface area contributed by atoms with Crippen LogP contribution in [0.2, 0.25) is 0 Å². The first-order valence-corrected chi connectivity index (χ1v) is 6.28. The number of rotatable bonds is 4. The van der Waals surface area contributed by atoms with Crippen molar-refractivity contribution in [3.05, 3.63) is 24.3 Å². The van der Waals surface area contributed by atoms with Crippen LogP contribution in [0.25, 0.3) is 11.4 Å². The molecule has 2 aromatic rings. The molecule has 0 saturated carbocycles. The molecule has 100 valence electrons. The lowest BCUT2D eigenvalue weighted by Gasteiger charge is -2.20. The Morgan fingerprint density at radius 2 is 2.26 bits per heavy atom. The van der Waals surface area contributed by atoms with Crippen LogP contribution in [-0.4, -0.2) is 32.4 Å². The molecular weight excluding hydrogens is 266 g/mol. The molecule has 2 rings (SSSR count). The molecule has 1 amide bonds. The first-order valence-electron chi connectivity index (χ1n) is 5.74. The standard InChI is InChI=1S/C12H14ClN5O/c1-12(2,7-13)11(19)14-9-5-3-4-8(6-9)10-15-17-18-16-10/h3-6H,7H2,1-2H3,(H,14,19)(H,15,16,17,18). The van der Waals surface area contributed by atoms with E-state index in [9.17, 15) is 4.79 Å². The number of nitrogens with one attached hydrogen (secondary N) is 2. The van der Waals surface area contributed by atoms with Crippen molar-refractivity contribution in [3.8, 4) is 11.4 Å². The number of nitrogens with zero attached hydrogens (tertiary/aromatic N) is 3. The first-order chi connectivity index (χ1) is 9.03. The Hall–Kier alpha value is -1.95. The summed E-state index contributed by atoms with van der Waals surface area (Å²) in [5.41, 5.74) is 0.824. The van der Waals surface area contributed by atoms with Gasteiger partial charge in [-0.15, -0.1) is 21.8 Å². The van der Waals surface area contributed by atoms with Gasteiger partial charge in [0.25, 0.3) is 0 Å². The minimum Gasteiger partial charge on any atom is -0.326 e. The van der Waals surface area contributed by atoms with Gasteiger partial charge >= 0.3 is 0 Å². The van der Waals surface area contributed by atoms with E-state index in [4.69, 9.17) is 11.6 Å². The Morgan fingerprint density at radius 1 is 1.47 bits per heavy atom. The summed E-state index contributed by atoms with van der Waals surface area (Å²) in [6, 6.07) is 7.24. The van der Waals surface area contributed by atoms with Crippen LogP contribution >= 0.6 is 11.6 Å². The van der Waals surface area contributed by atoms with Crippen molar-refractivity contribution in [2.75, 3.05) is 11.2 Å². The summed E-state index contributed by atoms with van der Waals surface area (Å²) < 4.78 is 0. The van der Waals surface area contributed by atoms with E-state index in [-0.39, 0.29) is 11.8 Å². The highest BCUT2D eigenvalue weighted by molar-refractivity contribution is 6.20. The van der Waals surface area contributed by atoms with Crippen LogP contribution in [0, 0.1) is 5.41 Å². The van der Waals surface area contributed by atoms with Crippen molar-refractivity contribution < 1.29 is 4.79 Å². The molecule has 0 spiro atoms. The molecule has 0 saturated heterocycles. The Balaban J connectivity index is 2.19. The number of benzene rings is 1. The van der Waals surface area contributed by atoms with E-state index in [1.807, 2.05) is 12.1 Å².